The molecule has 2 aromatic rings. The Morgan fingerprint density at radius 3 is 2.54 bits per heavy atom. The molecule has 1 heterocycles. The molecule has 1 aliphatic rings. The van der Waals surface area contributed by atoms with E-state index in [1.54, 1.807) is 18.2 Å². The maximum absolute atomic E-state index is 13.6. The number of carbonyl (C=O) groups is 1. The molecule has 1 N–H and O–H groups in total. The van der Waals surface area contributed by atoms with Gasteiger partial charge in [0.2, 0.25) is 10.0 Å². The van der Waals surface area contributed by atoms with Gasteiger partial charge in [0.25, 0.3) is 5.91 Å². The molecule has 0 bridgehead atoms. The summed E-state index contributed by atoms with van der Waals surface area (Å²) in [5, 5.41) is 2.38. The molecule has 0 saturated carbocycles. The summed E-state index contributed by atoms with van der Waals surface area (Å²) < 4.78 is 46.1. The molecule has 0 radical (unpaired) electrons. The maximum Gasteiger partial charge on any atom is 0.253 e. The number of hydrogen-bond donors (Lipinski definition) is 1. The first-order valence-electron chi connectivity index (χ1n) is 8.39. The number of rotatable bonds is 5. The van der Waals surface area contributed by atoms with Gasteiger partial charge in [0.1, 0.15) is 5.82 Å². The molecule has 1 saturated heterocycles. The second kappa shape index (κ2) is 8.75. The van der Waals surface area contributed by atoms with Gasteiger partial charge >= 0.3 is 0 Å². The molecule has 28 heavy (non-hydrogen) atoms. The van der Waals surface area contributed by atoms with Crippen LogP contribution in [0.4, 0.5) is 4.39 Å². The molecule has 2 aromatic carbocycles. The maximum atomic E-state index is 13.6. The van der Waals surface area contributed by atoms with Gasteiger partial charge in [-0.1, -0.05) is 41.4 Å². The molecule has 0 aromatic heterocycles. The number of carbonyl (C=O) groups excluding carboxylic acids is 1. The minimum absolute atomic E-state index is 0.00174. The Balaban J connectivity index is 1.81. The first-order valence-corrected chi connectivity index (χ1v) is 10.6. The van der Waals surface area contributed by atoms with Gasteiger partial charge in [-0.25, -0.2) is 12.8 Å². The monoisotopic (exact) mass is 446 g/mol. The zero-order chi connectivity index (χ0) is 20.3. The van der Waals surface area contributed by atoms with Crippen molar-refractivity contribution in [3.8, 4) is 0 Å². The molecular formula is C18H17Cl2FN2O4S. The molecule has 0 unspecified atom stereocenters. The van der Waals surface area contributed by atoms with E-state index in [0.717, 1.165) is 12.1 Å². The molecule has 6 nitrogen and oxygen atoms in total. The number of nitrogens with one attached hydrogen (secondary N) is 1. The van der Waals surface area contributed by atoms with Crippen molar-refractivity contribution < 1.29 is 22.3 Å². The average molecular weight is 447 g/mol. The van der Waals surface area contributed by atoms with Crippen molar-refractivity contribution >= 4 is 39.1 Å². The molecule has 0 atom stereocenters. The number of ether oxygens (including phenoxy) is 1. The summed E-state index contributed by atoms with van der Waals surface area (Å²) >= 11 is 11.6. The van der Waals surface area contributed by atoms with E-state index in [2.05, 4.69) is 5.32 Å². The highest BCUT2D eigenvalue weighted by Gasteiger charge is 2.28. The van der Waals surface area contributed by atoms with Gasteiger partial charge in [0, 0.05) is 19.6 Å². The van der Waals surface area contributed by atoms with Crippen LogP contribution in [0.1, 0.15) is 15.9 Å². The van der Waals surface area contributed by atoms with Crippen molar-refractivity contribution in [2.75, 3.05) is 26.3 Å². The number of halogens is 3. The van der Waals surface area contributed by atoms with Crippen molar-refractivity contribution in [3.05, 3.63) is 63.4 Å². The van der Waals surface area contributed by atoms with E-state index < -0.39 is 21.7 Å². The number of sulfonamides is 1. The zero-order valence-corrected chi connectivity index (χ0v) is 17.0. The summed E-state index contributed by atoms with van der Waals surface area (Å²) in [4.78, 5) is 12.5. The highest BCUT2D eigenvalue weighted by molar-refractivity contribution is 7.89. The number of amides is 1. The Hall–Kier alpha value is -1.71. The summed E-state index contributed by atoms with van der Waals surface area (Å²) in [5.41, 5.74) is 0.324. The van der Waals surface area contributed by atoms with Gasteiger partial charge in [0.15, 0.2) is 0 Å². The van der Waals surface area contributed by atoms with Crippen LogP contribution < -0.4 is 5.32 Å². The van der Waals surface area contributed by atoms with Crippen LogP contribution in [0.25, 0.3) is 0 Å². The first kappa shape index (κ1) is 21.0. The normalized spacial score (nSPS) is 15.4. The Morgan fingerprint density at radius 2 is 1.82 bits per heavy atom. The van der Waals surface area contributed by atoms with Crippen molar-refractivity contribution in [2.24, 2.45) is 0 Å². The Bertz CT molecular complexity index is 995. The Labute approximate surface area is 172 Å². The third kappa shape index (κ3) is 4.47. The van der Waals surface area contributed by atoms with E-state index in [0.29, 0.717) is 18.8 Å². The van der Waals surface area contributed by atoms with Gasteiger partial charge in [-0.15, -0.1) is 0 Å². The molecule has 150 valence electrons. The van der Waals surface area contributed by atoms with Crippen LogP contribution in [0.2, 0.25) is 10.0 Å². The molecule has 10 heteroatoms. The summed E-state index contributed by atoms with van der Waals surface area (Å²) in [5.74, 6) is -1.41. The van der Waals surface area contributed by atoms with Crippen molar-refractivity contribution in [1.82, 2.24) is 9.62 Å². The van der Waals surface area contributed by atoms with Crippen molar-refractivity contribution in [3.63, 3.8) is 0 Å². The minimum atomic E-state index is -3.73. The SMILES string of the molecule is O=C(NCc1ccccc1S(=O)(=O)N1CCOCC1)c1cc(F)c(Cl)cc1Cl. The van der Waals surface area contributed by atoms with Crippen LogP contribution in [0.5, 0.6) is 0 Å². The lowest BCUT2D eigenvalue weighted by atomic mass is 10.2. The van der Waals surface area contributed by atoms with Crippen LogP contribution in [0.15, 0.2) is 41.3 Å². The van der Waals surface area contributed by atoms with Gasteiger partial charge in [-0.05, 0) is 23.8 Å². The van der Waals surface area contributed by atoms with E-state index in [4.69, 9.17) is 27.9 Å². The van der Waals surface area contributed by atoms with E-state index in [9.17, 15) is 17.6 Å². The van der Waals surface area contributed by atoms with Crippen molar-refractivity contribution in [2.45, 2.75) is 11.4 Å². The average Bonchev–Trinajstić information content (AvgIpc) is 2.69. The molecule has 1 aliphatic heterocycles. The van der Waals surface area contributed by atoms with Crippen LogP contribution in [-0.2, 0) is 21.3 Å². The summed E-state index contributed by atoms with van der Waals surface area (Å²) in [6.45, 7) is 1.13. The molecule has 0 aliphatic carbocycles. The molecule has 3 rings (SSSR count). The van der Waals surface area contributed by atoms with Crippen LogP contribution in [-0.4, -0.2) is 44.9 Å². The fourth-order valence-electron chi connectivity index (χ4n) is 2.79. The first-order chi connectivity index (χ1) is 13.3. The van der Waals surface area contributed by atoms with Crippen LogP contribution in [0.3, 0.4) is 0 Å². The molecule has 1 amide bonds. The van der Waals surface area contributed by atoms with E-state index in [1.807, 2.05) is 0 Å². The minimum Gasteiger partial charge on any atom is -0.379 e. The topological polar surface area (TPSA) is 75.7 Å². The summed E-state index contributed by atoms with van der Waals surface area (Å²) in [6.07, 6.45) is 0. The number of nitrogens with zero attached hydrogens (tertiary/aromatic N) is 1. The number of morpholine rings is 1. The largest absolute Gasteiger partial charge is 0.379 e. The highest BCUT2D eigenvalue weighted by Crippen LogP contribution is 2.25. The fraction of sp³-hybridized carbons (Fsp3) is 0.278. The predicted molar refractivity (Wildman–Crippen MR) is 104 cm³/mol. The third-order valence-corrected chi connectivity index (χ3v) is 6.86. The van der Waals surface area contributed by atoms with Gasteiger partial charge in [-0.2, -0.15) is 4.31 Å². The highest BCUT2D eigenvalue weighted by atomic mass is 35.5. The van der Waals surface area contributed by atoms with Gasteiger partial charge in [-0.3, -0.25) is 4.79 Å². The predicted octanol–water partition coefficient (Wildman–Crippen LogP) is 3.08. The molecular weight excluding hydrogens is 430 g/mol. The second-order valence-corrected chi connectivity index (χ2v) is 8.77. The molecule has 0 spiro atoms. The number of hydrogen-bond acceptors (Lipinski definition) is 4. The molecule has 1 fully saturated rings. The third-order valence-electron chi connectivity index (χ3n) is 4.25. The lowest BCUT2D eigenvalue weighted by molar-refractivity contribution is 0.0730. The standard InChI is InChI=1S/C18H17Cl2FN2O4S/c19-14-10-15(20)16(21)9-13(14)18(24)22-11-12-3-1-2-4-17(12)28(25,26)23-5-7-27-8-6-23/h1-4,9-10H,5-8,11H2,(H,22,24). The summed E-state index contributed by atoms with van der Waals surface area (Å²) in [7, 11) is -3.73. The fourth-order valence-corrected chi connectivity index (χ4v) is 4.89. The van der Waals surface area contributed by atoms with Crippen LogP contribution >= 0.6 is 23.2 Å². The van der Waals surface area contributed by atoms with Gasteiger partial charge < -0.3 is 10.1 Å². The van der Waals surface area contributed by atoms with Crippen molar-refractivity contribution in [1.29, 1.82) is 0 Å². The van der Waals surface area contributed by atoms with Gasteiger partial charge in [0.05, 0.1) is 33.7 Å². The second-order valence-electron chi connectivity index (χ2n) is 6.05. The van der Waals surface area contributed by atoms with Crippen LogP contribution in [0, 0.1) is 5.82 Å². The lowest BCUT2D eigenvalue weighted by Gasteiger charge is -2.27. The lowest BCUT2D eigenvalue weighted by Crippen LogP contribution is -2.41. The van der Waals surface area contributed by atoms with E-state index in [-0.39, 0.29) is 40.1 Å². The van der Waals surface area contributed by atoms with E-state index >= 15 is 0 Å². The van der Waals surface area contributed by atoms with E-state index in [1.165, 1.54) is 10.4 Å². The zero-order valence-electron chi connectivity index (χ0n) is 14.6. The Morgan fingerprint density at radius 1 is 1.14 bits per heavy atom. The smallest absolute Gasteiger partial charge is 0.253 e. The number of benzene rings is 2. The quantitative estimate of drug-likeness (QED) is 0.715. The Kier molecular flexibility index (Phi) is 6.57. The summed E-state index contributed by atoms with van der Waals surface area (Å²) in [6, 6.07) is 8.47.